The Kier molecular flexibility index (Phi) is 5.59. The number of aromatic nitrogens is 2. The van der Waals surface area contributed by atoms with Crippen molar-refractivity contribution in [3.05, 3.63) is 46.1 Å². The van der Waals surface area contributed by atoms with E-state index in [-0.39, 0.29) is 23.8 Å². The van der Waals surface area contributed by atoms with Crippen molar-refractivity contribution in [2.45, 2.75) is 50.4 Å². The molecule has 2 unspecified atom stereocenters. The Bertz CT molecular complexity index is 873. The summed E-state index contributed by atoms with van der Waals surface area (Å²) in [5.41, 5.74) is 0.829. The molecule has 2 atom stereocenters. The van der Waals surface area contributed by atoms with E-state index in [9.17, 15) is 18.0 Å². The summed E-state index contributed by atoms with van der Waals surface area (Å²) in [5, 5.41) is 7.22. The molecule has 29 heavy (non-hydrogen) atoms. The van der Waals surface area contributed by atoms with Crippen molar-refractivity contribution in [3.8, 4) is 0 Å². The molecule has 9 heteroatoms. The molecule has 1 aromatic heterocycles. The van der Waals surface area contributed by atoms with Crippen LogP contribution in [0.3, 0.4) is 0 Å². The average molecular weight is 471 g/mol. The Labute approximate surface area is 175 Å². The van der Waals surface area contributed by atoms with Crippen molar-refractivity contribution < 1.29 is 18.0 Å². The number of likely N-dealkylation sites (tertiary alicyclic amines) is 1. The third-order valence-corrected chi connectivity index (χ3v) is 6.10. The van der Waals surface area contributed by atoms with Crippen LogP contribution in [-0.4, -0.2) is 39.9 Å². The molecule has 2 aliphatic heterocycles. The highest BCUT2D eigenvalue weighted by molar-refractivity contribution is 9.10. The van der Waals surface area contributed by atoms with Crippen molar-refractivity contribution in [1.29, 1.82) is 0 Å². The Morgan fingerprint density at radius 2 is 1.76 bits per heavy atom. The maximum Gasteiger partial charge on any atom is 0.410 e. The Morgan fingerprint density at radius 1 is 1.10 bits per heavy atom. The molecular weight excluding hydrogens is 449 g/mol. The minimum absolute atomic E-state index is 0.0695. The lowest BCUT2D eigenvalue weighted by atomic mass is 9.97. The van der Waals surface area contributed by atoms with E-state index in [1.165, 1.54) is 6.07 Å². The van der Waals surface area contributed by atoms with E-state index in [0.29, 0.717) is 13.1 Å². The van der Waals surface area contributed by atoms with Gasteiger partial charge >= 0.3 is 6.18 Å². The molecule has 1 N–H and O–H groups in total. The van der Waals surface area contributed by atoms with Gasteiger partial charge in [-0.2, -0.15) is 18.3 Å². The van der Waals surface area contributed by atoms with Crippen molar-refractivity contribution in [1.82, 2.24) is 14.7 Å². The van der Waals surface area contributed by atoms with E-state index in [2.05, 4.69) is 26.3 Å². The molecule has 156 valence electrons. The molecule has 1 saturated heterocycles. The first kappa shape index (κ1) is 20.3. The van der Waals surface area contributed by atoms with Gasteiger partial charge in [-0.25, -0.2) is 4.68 Å². The topological polar surface area (TPSA) is 50.2 Å². The molecule has 0 aliphatic carbocycles. The fourth-order valence-electron chi connectivity index (χ4n) is 4.03. The molecule has 0 bridgehead atoms. The van der Waals surface area contributed by atoms with Crippen LogP contribution < -0.4 is 5.32 Å². The first-order valence-electron chi connectivity index (χ1n) is 9.80. The van der Waals surface area contributed by atoms with Gasteiger partial charge in [0.25, 0.3) is 5.91 Å². The van der Waals surface area contributed by atoms with Crippen LogP contribution in [0.1, 0.15) is 60.2 Å². The molecule has 0 spiro atoms. The third kappa shape index (κ3) is 4.29. The van der Waals surface area contributed by atoms with Crippen LogP contribution in [0.5, 0.6) is 0 Å². The van der Waals surface area contributed by atoms with Gasteiger partial charge in [0.05, 0.1) is 6.04 Å². The number of amides is 1. The van der Waals surface area contributed by atoms with Crippen LogP contribution in [0.15, 0.2) is 34.8 Å². The summed E-state index contributed by atoms with van der Waals surface area (Å²) in [6.45, 7) is 1.25. The number of anilines is 1. The number of hydrogen-bond acceptors (Lipinski definition) is 3. The summed E-state index contributed by atoms with van der Waals surface area (Å²) in [7, 11) is 0. The Hall–Kier alpha value is -2.03. The quantitative estimate of drug-likeness (QED) is 0.645. The normalized spacial score (nSPS) is 22.6. The Morgan fingerprint density at radius 3 is 2.38 bits per heavy atom. The fourth-order valence-corrected chi connectivity index (χ4v) is 4.29. The average Bonchev–Trinajstić information content (AvgIpc) is 2.92. The van der Waals surface area contributed by atoms with Gasteiger partial charge in [-0.3, -0.25) is 4.79 Å². The number of hydrogen-bond donors (Lipinski definition) is 1. The first-order valence-corrected chi connectivity index (χ1v) is 10.6. The summed E-state index contributed by atoms with van der Waals surface area (Å²) < 4.78 is 43.2. The van der Waals surface area contributed by atoms with Crippen LogP contribution in [-0.2, 0) is 0 Å². The van der Waals surface area contributed by atoms with Gasteiger partial charge in [0.2, 0.25) is 0 Å². The summed E-state index contributed by atoms with van der Waals surface area (Å²) >= 11 is 3.34. The molecule has 1 aromatic carbocycles. The summed E-state index contributed by atoms with van der Waals surface area (Å²) in [5.74, 6) is -0.0682. The monoisotopic (exact) mass is 470 g/mol. The minimum Gasteiger partial charge on any atom is -0.363 e. The van der Waals surface area contributed by atoms with E-state index in [1.807, 2.05) is 0 Å². The number of carbonyl (C=O) groups excluding carboxylic acids is 1. The van der Waals surface area contributed by atoms with Gasteiger partial charge in [-0.1, -0.05) is 40.9 Å². The molecule has 1 fully saturated rings. The number of benzene rings is 1. The summed E-state index contributed by atoms with van der Waals surface area (Å²) in [6, 6.07) is 6.36. The predicted octanol–water partition coefficient (Wildman–Crippen LogP) is 5.32. The molecule has 5 nitrogen and oxygen atoms in total. The molecule has 0 radical (unpaired) electrons. The maximum atomic E-state index is 13.8. The number of alkyl halides is 3. The first-order chi connectivity index (χ1) is 13.8. The molecule has 3 heterocycles. The number of nitrogens with zero attached hydrogens (tertiary/aromatic N) is 3. The smallest absolute Gasteiger partial charge is 0.363 e. The van der Waals surface area contributed by atoms with Gasteiger partial charge in [0.15, 0.2) is 11.7 Å². The molecule has 4 rings (SSSR count). The van der Waals surface area contributed by atoms with Gasteiger partial charge in [-0.05, 0) is 30.5 Å². The van der Waals surface area contributed by atoms with E-state index >= 15 is 0 Å². The molecule has 2 aliphatic rings. The number of halogens is 4. The fraction of sp³-hybridized carbons (Fsp3) is 0.500. The highest BCUT2D eigenvalue weighted by atomic mass is 79.9. The zero-order valence-electron chi connectivity index (χ0n) is 15.8. The van der Waals surface area contributed by atoms with E-state index in [4.69, 9.17) is 0 Å². The second kappa shape index (κ2) is 8.01. The van der Waals surface area contributed by atoms with Gasteiger partial charge < -0.3 is 10.2 Å². The van der Waals surface area contributed by atoms with Crippen molar-refractivity contribution in [2.75, 3.05) is 18.4 Å². The van der Waals surface area contributed by atoms with Gasteiger partial charge in [-0.15, -0.1) is 0 Å². The van der Waals surface area contributed by atoms with E-state index < -0.39 is 18.3 Å². The lowest BCUT2D eigenvalue weighted by Gasteiger charge is -2.33. The van der Waals surface area contributed by atoms with Crippen LogP contribution >= 0.6 is 15.9 Å². The predicted molar refractivity (Wildman–Crippen MR) is 107 cm³/mol. The third-order valence-electron chi connectivity index (χ3n) is 5.57. The SMILES string of the molecule is O=C(c1cc2n(n1)C(C(F)(F)F)CC(c1ccc(Br)cc1)N2)N1CCCCCC1. The number of fused-ring (bicyclic) bond motifs is 1. The number of rotatable bonds is 2. The maximum absolute atomic E-state index is 13.8. The lowest BCUT2D eigenvalue weighted by molar-refractivity contribution is -0.173. The second-order valence-electron chi connectivity index (χ2n) is 7.61. The zero-order valence-corrected chi connectivity index (χ0v) is 17.3. The van der Waals surface area contributed by atoms with Crippen molar-refractivity contribution in [3.63, 3.8) is 0 Å². The van der Waals surface area contributed by atoms with Crippen LogP contribution in [0, 0.1) is 0 Å². The molecule has 1 amide bonds. The molecule has 0 saturated carbocycles. The van der Waals surface area contributed by atoms with Crippen LogP contribution in [0.25, 0.3) is 0 Å². The number of nitrogens with one attached hydrogen (secondary N) is 1. The van der Waals surface area contributed by atoms with Gasteiger partial charge in [0.1, 0.15) is 5.82 Å². The zero-order chi connectivity index (χ0) is 20.6. The largest absolute Gasteiger partial charge is 0.410 e. The van der Waals surface area contributed by atoms with E-state index in [1.54, 1.807) is 29.2 Å². The van der Waals surface area contributed by atoms with Crippen molar-refractivity contribution >= 4 is 27.7 Å². The van der Waals surface area contributed by atoms with Crippen molar-refractivity contribution in [2.24, 2.45) is 0 Å². The Balaban J connectivity index is 1.64. The standard InChI is InChI=1S/C20H22BrF3N4O/c21-14-7-5-13(6-8-14)15-11-17(20(22,23)24)28-18(25-15)12-16(26-28)19(29)27-9-3-1-2-4-10-27/h5-8,12,15,17,25H,1-4,9-11H2. The highest BCUT2D eigenvalue weighted by Gasteiger charge is 2.47. The van der Waals surface area contributed by atoms with Gasteiger partial charge in [0, 0.05) is 30.0 Å². The summed E-state index contributed by atoms with van der Waals surface area (Å²) in [4.78, 5) is 14.6. The minimum atomic E-state index is -4.46. The molecular formula is C20H22BrF3N4O. The van der Waals surface area contributed by atoms with Crippen LogP contribution in [0.2, 0.25) is 0 Å². The lowest BCUT2D eigenvalue weighted by Crippen LogP contribution is -2.36. The second-order valence-corrected chi connectivity index (χ2v) is 8.52. The number of carbonyl (C=O) groups is 1. The van der Waals surface area contributed by atoms with Crippen LogP contribution in [0.4, 0.5) is 19.0 Å². The molecule has 2 aromatic rings. The summed E-state index contributed by atoms with van der Waals surface area (Å²) in [6.07, 6.45) is -0.689. The highest BCUT2D eigenvalue weighted by Crippen LogP contribution is 2.43. The van der Waals surface area contributed by atoms with E-state index in [0.717, 1.165) is 40.4 Å².